The molecular weight excluding hydrogens is 408 g/mol. The quantitative estimate of drug-likeness (QED) is 0.787. The summed E-state index contributed by atoms with van der Waals surface area (Å²) in [6.07, 6.45) is 0. The minimum absolute atomic E-state index is 0.0998. The Labute approximate surface area is 164 Å². The van der Waals surface area contributed by atoms with Gasteiger partial charge in [0.1, 0.15) is 4.90 Å². The van der Waals surface area contributed by atoms with Gasteiger partial charge in [0, 0.05) is 22.8 Å². The van der Waals surface area contributed by atoms with Gasteiger partial charge in [-0.3, -0.25) is 4.72 Å². The topological polar surface area (TPSA) is 92.8 Å². The molecule has 0 amide bonds. The van der Waals surface area contributed by atoms with E-state index in [9.17, 15) is 16.8 Å². The molecule has 10 heteroatoms. The molecule has 0 spiro atoms. The lowest BCUT2D eigenvalue weighted by Crippen LogP contribution is -2.40. The van der Waals surface area contributed by atoms with Gasteiger partial charge < -0.3 is 4.74 Å². The number of anilines is 1. The molecule has 1 aromatic heterocycles. The third-order valence-corrected chi connectivity index (χ3v) is 8.96. The molecule has 1 saturated heterocycles. The van der Waals surface area contributed by atoms with Gasteiger partial charge in [0.05, 0.1) is 23.8 Å². The average molecular weight is 431 g/mol. The number of ether oxygens (including phenoxy) is 1. The Balaban J connectivity index is 1.95. The normalized spacial score (nSPS) is 16.4. The standard InChI is InChI=1S/C17H22N2O5S3/c1-12-4-5-15(18-26(20,21)17-10-13(2)25-14(17)3)11-16(12)27(22,23)19-6-8-24-9-7-19/h4-5,10-11,18H,6-9H2,1-3H3. The van der Waals surface area contributed by atoms with Crippen LogP contribution in [0.4, 0.5) is 5.69 Å². The number of nitrogens with zero attached hydrogens (tertiary/aromatic N) is 1. The van der Waals surface area contributed by atoms with Crippen molar-refractivity contribution in [2.24, 2.45) is 0 Å². The van der Waals surface area contributed by atoms with Crippen molar-refractivity contribution < 1.29 is 21.6 Å². The molecule has 0 atom stereocenters. The zero-order chi connectivity index (χ0) is 19.8. The third kappa shape index (κ3) is 4.19. The van der Waals surface area contributed by atoms with E-state index >= 15 is 0 Å². The van der Waals surface area contributed by atoms with E-state index in [1.54, 1.807) is 32.0 Å². The van der Waals surface area contributed by atoms with Crippen LogP contribution in [0.1, 0.15) is 15.3 Å². The fraction of sp³-hybridized carbons (Fsp3) is 0.412. The summed E-state index contributed by atoms with van der Waals surface area (Å²) in [5.41, 5.74) is 0.780. The molecule has 7 nitrogen and oxygen atoms in total. The van der Waals surface area contributed by atoms with Crippen molar-refractivity contribution in [2.75, 3.05) is 31.0 Å². The summed E-state index contributed by atoms with van der Waals surface area (Å²) in [6, 6.07) is 6.17. The fourth-order valence-electron chi connectivity index (χ4n) is 2.95. The number of thiophene rings is 1. The van der Waals surface area contributed by atoms with Gasteiger partial charge in [0.15, 0.2) is 0 Å². The van der Waals surface area contributed by atoms with Crippen LogP contribution in [0.3, 0.4) is 0 Å². The number of benzene rings is 1. The molecule has 2 aromatic rings. The summed E-state index contributed by atoms with van der Waals surface area (Å²) in [5.74, 6) is 0. The van der Waals surface area contributed by atoms with Crippen molar-refractivity contribution in [1.82, 2.24) is 4.31 Å². The maximum atomic E-state index is 12.9. The Kier molecular flexibility index (Phi) is 5.64. The average Bonchev–Trinajstić information content (AvgIpc) is 2.96. The van der Waals surface area contributed by atoms with Gasteiger partial charge in [-0.2, -0.15) is 4.31 Å². The molecule has 1 fully saturated rings. The van der Waals surface area contributed by atoms with Gasteiger partial charge in [0.2, 0.25) is 10.0 Å². The highest BCUT2D eigenvalue weighted by Crippen LogP contribution is 2.29. The van der Waals surface area contributed by atoms with Gasteiger partial charge in [-0.25, -0.2) is 16.8 Å². The number of aryl methyl sites for hydroxylation is 3. The Hall–Kier alpha value is -1.46. The lowest BCUT2D eigenvalue weighted by atomic mass is 10.2. The van der Waals surface area contributed by atoms with Crippen LogP contribution in [-0.4, -0.2) is 47.4 Å². The van der Waals surface area contributed by atoms with Gasteiger partial charge in [0.25, 0.3) is 10.0 Å². The first kappa shape index (κ1) is 20.3. The molecule has 27 heavy (non-hydrogen) atoms. The van der Waals surface area contributed by atoms with Crippen LogP contribution < -0.4 is 4.72 Å². The van der Waals surface area contributed by atoms with Gasteiger partial charge in [-0.1, -0.05) is 6.07 Å². The highest BCUT2D eigenvalue weighted by molar-refractivity contribution is 7.93. The molecule has 0 unspecified atom stereocenters. The van der Waals surface area contributed by atoms with Crippen molar-refractivity contribution in [3.8, 4) is 0 Å². The summed E-state index contributed by atoms with van der Waals surface area (Å²) in [4.78, 5) is 1.90. The van der Waals surface area contributed by atoms with Gasteiger partial charge >= 0.3 is 0 Å². The van der Waals surface area contributed by atoms with Crippen LogP contribution >= 0.6 is 11.3 Å². The van der Waals surface area contributed by atoms with Crippen LogP contribution in [0.15, 0.2) is 34.1 Å². The number of sulfonamides is 2. The second-order valence-corrected chi connectivity index (χ2v) is 11.4. The van der Waals surface area contributed by atoms with E-state index in [4.69, 9.17) is 4.74 Å². The number of morpholine rings is 1. The molecule has 1 aromatic carbocycles. The summed E-state index contributed by atoms with van der Waals surface area (Å²) in [6.45, 7) is 6.54. The second-order valence-electron chi connectivity index (χ2n) is 6.38. The Morgan fingerprint density at radius 1 is 1.00 bits per heavy atom. The maximum absolute atomic E-state index is 12.9. The minimum Gasteiger partial charge on any atom is -0.379 e. The highest BCUT2D eigenvalue weighted by atomic mass is 32.2. The maximum Gasteiger partial charge on any atom is 0.262 e. The molecule has 3 rings (SSSR count). The molecule has 1 aliphatic rings. The van der Waals surface area contributed by atoms with Gasteiger partial charge in [-0.15, -0.1) is 11.3 Å². The van der Waals surface area contributed by atoms with Crippen molar-refractivity contribution in [2.45, 2.75) is 30.6 Å². The molecular formula is C17H22N2O5S3. The van der Waals surface area contributed by atoms with E-state index in [1.165, 1.54) is 21.7 Å². The molecule has 1 aliphatic heterocycles. The number of hydrogen-bond donors (Lipinski definition) is 1. The summed E-state index contributed by atoms with van der Waals surface area (Å²) >= 11 is 1.40. The molecule has 148 valence electrons. The molecule has 0 bridgehead atoms. The summed E-state index contributed by atoms with van der Waals surface area (Å²) in [7, 11) is -7.51. The number of hydrogen-bond acceptors (Lipinski definition) is 6. The lowest BCUT2D eigenvalue weighted by Gasteiger charge is -2.26. The predicted molar refractivity (Wildman–Crippen MR) is 105 cm³/mol. The van der Waals surface area contributed by atoms with Crippen molar-refractivity contribution in [3.05, 3.63) is 39.6 Å². The lowest BCUT2D eigenvalue weighted by molar-refractivity contribution is 0.0730. The number of rotatable bonds is 5. The van der Waals surface area contributed by atoms with E-state index in [2.05, 4.69) is 4.72 Å². The molecule has 0 radical (unpaired) electrons. The van der Waals surface area contributed by atoms with E-state index in [0.29, 0.717) is 23.7 Å². The molecule has 0 saturated carbocycles. The smallest absolute Gasteiger partial charge is 0.262 e. The largest absolute Gasteiger partial charge is 0.379 e. The second kappa shape index (κ2) is 7.51. The molecule has 1 N–H and O–H groups in total. The number of nitrogens with one attached hydrogen (secondary N) is 1. The Morgan fingerprint density at radius 3 is 2.26 bits per heavy atom. The van der Waals surface area contributed by atoms with Crippen LogP contribution in [0, 0.1) is 20.8 Å². The summed E-state index contributed by atoms with van der Waals surface area (Å²) in [5, 5.41) is 0. The zero-order valence-corrected chi connectivity index (χ0v) is 17.8. The summed E-state index contributed by atoms with van der Waals surface area (Å²) < 4.78 is 60.4. The van der Waals surface area contributed by atoms with Crippen LogP contribution in [0.25, 0.3) is 0 Å². The third-order valence-electron chi connectivity index (χ3n) is 4.31. The van der Waals surface area contributed by atoms with Crippen LogP contribution in [0.2, 0.25) is 0 Å². The van der Waals surface area contributed by atoms with Crippen molar-refractivity contribution in [1.29, 1.82) is 0 Å². The molecule has 2 heterocycles. The molecule has 0 aliphatic carbocycles. The van der Waals surface area contributed by atoms with Gasteiger partial charge in [-0.05, 0) is 44.5 Å². The fourth-order valence-corrected chi connectivity index (χ4v) is 7.22. The van der Waals surface area contributed by atoms with Crippen LogP contribution in [-0.2, 0) is 24.8 Å². The SMILES string of the molecule is Cc1cc(S(=O)(=O)Nc2ccc(C)c(S(=O)(=O)N3CCOCC3)c2)c(C)s1. The Bertz CT molecular complexity index is 1050. The first-order chi connectivity index (χ1) is 12.6. The first-order valence-electron chi connectivity index (χ1n) is 8.40. The van der Waals surface area contributed by atoms with Crippen molar-refractivity contribution >= 4 is 37.1 Å². The zero-order valence-electron chi connectivity index (χ0n) is 15.4. The monoisotopic (exact) mass is 430 g/mol. The van der Waals surface area contributed by atoms with E-state index < -0.39 is 20.0 Å². The van der Waals surface area contributed by atoms with E-state index in [0.717, 1.165) is 4.88 Å². The van der Waals surface area contributed by atoms with Crippen molar-refractivity contribution in [3.63, 3.8) is 0 Å². The van der Waals surface area contributed by atoms with E-state index in [-0.39, 0.29) is 28.6 Å². The van der Waals surface area contributed by atoms with E-state index in [1.807, 2.05) is 6.92 Å². The van der Waals surface area contributed by atoms with Crippen LogP contribution in [0.5, 0.6) is 0 Å². The minimum atomic E-state index is -3.79. The Morgan fingerprint density at radius 2 is 1.67 bits per heavy atom. The highest BCUT2D eigenvalue weighted by Gasteiger charge is 2.28. The first-order valence-corrected chi connectivity index (χ1v) is 12.1. The predicted octanol–water partition coefficient (Wildman–Crippen LogP) is 2.50.